The van der Waals surface area contributed by atoms with E-state index in [1.807, 2.05) is 59.9 Å². The molecule has 0 bridgehead atoms. The van der Waals surface area contributed by atoms with Crippen molar-refractivity contribution in [3.05, 3.63) is 132 Å². The van der Waals surface area contributed by atoms with Crippen molar-refractivity contribution in [2.24, 2.45) is 0 Å². The van der Waals surface area contributed by atoms with Crippen LogP contribution < -0.4 is 39.9 Å². The molecule has 0 spiro atoms. The molecule has 5 aromatic rings. The zero-order chi connectivity index (χ0) is 35.6. The lowest BCUT2D eigenvalue weighted by Gasteiger charge is -2.13. The van der Waals surface area contributed by atoms with Gasteiger partial charge in [-0.05, 0) is 74.5 Å². The van der Waals surface area contributed by atoms with Gasteiger partial charge in [-0.3, -0.25) is 19.2 Å². The maximum atomic E-state index is 13.0. The summed E-state index contributed by atoms with van der Waals surface area (Å²) in [6.45, 7) is 5.53. The number of amides is 4. The Kier molecular flexibility index (Phi) is 11.1. The van der Waals surface area contributed by atoms with E-state index in [4.69, 9.17) is 9.47 Å². The van der Waals surface area contributed by atoms with Crippen molar-refractivity contribution in [2.45, 2.75) is 26.9 Å². The third-order valence-corrected chi connectivity index (χ3v) is 7.78. The molecule has 0 saturated heterocycles. The number of benzene rings is 3. The molecule has 2 aromatic heterocycles. The van der Waals surface area contributed by atoms with Crippen molar-refractivity contribution < 1.29 is 37.8 Å². The first-order chi connectivity index (χ1) is 24.2. The molecule has 0 unspecified atom stereocenters. The number of aryl methyl sites for hydroxylation is 2. The van der Waals surface area contributed by atoms with Gasteiger partial charge in [0.25, 0.3) is 23.6 Å². The second-order valence-electron chi connectivity index (χ2n) is 11.1. The molecule has 2 heterocycles. The third kappa shape index (κ3) is 8.47. The van der Waals surface area contributed by atoms with Gasteiger partial charge in [0.15, 0.2) is 24.8 Å². The average Bonchev–Trinajstić information content (AvgIpc) is 3.14. The van der Waals surface area contributed by atoms with Crippen LogP contribution in [-0.2, 0) is 13.1 Å². The number of carbonyl (C=O) groups excluding carboxylic acids is 4. The highest BCUT2D eigenvalue weighted by molar-refractivity contribution is 6.10. The van der Waals surface area contributed by atoms with Crippen LogP contribution in [0.15, 0.2) is 110 Å². The number of ether oxygens (including phenoxy) is 2. The number of anilines is 4. The molecule has 0 aliphatic rings. The van der Waals surface area contributed by atoms with Gasteiger partial charge in [-0.2, -0.15) is 0 Å². The molecule has 0 aliphatic heterocycles. The zero-order valence-corrected chi connectivity index (χ0v) is 28.2. The average molecular weight is 675 g/mol. The van der Waals surface area contributed by atoms with Gasteiger partial charge in [-0.25, -0.2) is 9.13 Å². The van der Waals surface area contributed by atoms with E-state index >= 15 is 0 Å². The monoisotopic (exact) mass is 674 g/mol. The van der Waals surface area contributed by atoms with Crippen LogP contribution in [0.1, 0.15) is 55.3 Å². The maximum absolute atomic E-state index is 13.0. The van der Waals surface area contributed by atoms with E-state index in [1.54, 1.807) is 48.5 Å². The number of aromatic nitrogens is 2. The van der Waals surface area contributed by atoms with E-state index in [0.29, 0.717) is 45.0 Å². The van der Waals surface area contributed by atoms with Gasteiger partial charge >= 0.3 is 0 Å². The molecule has 0 aliphatic carbocycles. The molecular weight excluding hydrogens is 636 g/mol. The van der Waals surface area contributed by atoms with Crippen LogP contribution in [0.25, 0.3) is 0 Å². The Balaban J connectivity index is 1.20. The highest BCUT2D eigenvalue weighted by Crippen LogP contribution is 2.26. The van der Waals surface area contributed by atoms with Crippen molar-refractivity contribution in [2.75, 3.05) is 35.5 Å². The molecule has 0 fully saturated rings. The number of pyridine rings is 2. The lowest BCUT2D eigenvalue weighted by molar-refractivity contribution is -0.693. The summed E-state index contributed by atoms with van der Waals surface area (Å²) in [6, 6.07) is 22.9. The molecule has 3 aromatic carbocycles. The predicted molar refractivity (Wildman–Crippen MR) is 189 cm³/mol. The van der Waals surface area contributed by atoms with E-state index in [-0.39, 0.29) is 23.3 Å². The molecular formula is C38H38N6O6+2. The zero-order valence-electron chi connectivity index (χ0n) is 28.2. The van der Waals surface area contributed by atoms with Gasteiger partial charge in [0.05, 0.1) is 25.3 Å². The van der Waals surface area contributed by atoms with Gasteiger partial charge in [0.1, 0.15) is 36.0 Å². The topological polar surface area (TPSA) is 143 Å². The normalized spacial score (nSPS) is 10.5. The molecule has 0 saturated carbocycles. The number of methoxy groups -OCH3 is 2. The first kappa shape index (κ1) is 34.8. The number of nitrogens with zero attached hydrogens (tertiary/aromatic N) is 2. The summed E-state index contributed by atoms with van der Waals surface area (Å²) in [6.07, 6.45) is 7.48. The Morgan fingerprint density at radius 3 is 1.26 bits per heavy atom. The Labute approximate surface area is 289 Å². The van der Waals surface area contributed by atoms with Gasteiger partial charge in [0, 0.05) is 46.8 Å². The Morgan fingerprint density at radius 2 is 0.900 bits per heavy atom. The highest BCUT2D eigenvalue weighted by atomic mass is 16.5. The van der Waals surface area contributed by atoms with Gasteiger partial charge in [-0.1, -0.05) is 0 Å². The number of nitrogens with one attached hydrogen (secondary N) is 4. The molecule has 0 radical (unpaired) electrons. The summed E-state index contributed by atoms with van der Waals surface area (Å²) in [5, 5.41) is 11.3. The predicted octanol–water partition coefficient (Wildman–Crippen LogP) is 5.33. The summed E-state index contributed by atoms with van der Waals surface area (Å²) < 4.78 is 14.8. The van der Waals surface area contributed by atoms with Crippen molar-refractivity contribution in [3.63, 3.8) is 0 Å². The summed E-state index contributed by atoms with van der Waals surface area (Å²) in [7, 11) is 2.90. The van der Waals surface area contributed by atoms with Gasteiger partial charge < -0.3 is 30.7 Å². The summed E-state index contributed by atoms with van der Waals surface area (Å²) in [5.41, 5.74) is 3.37. The SMILES string of the molecule is CC[n+]1cccc(NC(=O)c2ccc(NC(=O)c3ccc(C(=O)Nc4ccc(C(=O)Nc5ccc[n+](CC)c5)c(OC)c4)cc3)cc2OC)c1. The van der Waals surface area contributed by atoms with Crippen LogP contribution in [0, 0.1) is 0 Å². The molecule has 254 valence electrons. The third-order valence-electron chi connectivity index (χ3n) is 7.78. The number of hydrogen-bond donors (Lipinski definition) is 4. The van der Waals surface area contributed by atoms with Crippen molar-refractivity contribution in [3.8, 4) is 11.5 Å². The Morgan fingerprint density at radius 1 is 0.520 bits per heavy atom. The molecule has 12 heteroatoms. The second-order valence-corrected chi connectivity index (χ2v) is 11.1. The van der Waals surface area contributed by atoms with E-state index in [0.717, 1.165) is 13.1 Å². The molecule has 5 rings (SSSR count). The minimum absolute atomic E-state index is 0.290. The minimum atomic E-state index is -0.414. The number of rotatable bonds is 12. The van der Waals surface area contributed by atoms with E-state index in [2.05, 4.69) is 21.3 Å². The Bertz CT molecular complexity index is 1900. The van der Waals surface area contributed by atoms with Crippen LogP contribution in [0.3, 0.4) is 0 Å². The largest absolute Gasteiger partial charge is 0.496 e. The lowest BCUT2D eigenvalue weighted by Crippen LogP contribution is -2.31. The highest BCUT2D eigenvalue weighted by Gasteiger charge is 2.18. The fourth-order valence-electron chi connectivity index (χ4n) is 5.07. The van der Waals surface area contributed by atoms with Crippen LogP contribution in [0.5, 0.6) is 11.5 Å². The first-order valence-corrected chi connectivity index (χ1v) is 15.9. The summed E-state index contributed by atoms with van der Waals surface area (Å²) in [5.74, 6) is -0.952. The fourth-order valence-corrected chi connectivity index (χ4v) is 5.07. The van der Waals surface area contributed by atoms with Gasteiger partial charge in [0.2, 0.25) is 0 Å². The van der Waals surface area contributed by atoms with Crippen LogP contribution in [-0.4, -0.2) is 37.8 Å². The number of hydrogen-bond acceptors (Lipinski definition) is 6. The molecule has 4 amide bonds. The van der Waals surface area contributed by atoms with Crippen LogP contribution in [0.2, 0.25) is 0 Å². The van der Waals surface area contributed by atoms with Crippen molar-refractivity contribution >= 4 is 46.4 Å². The smallest absolute Gasteiger partial charge is 0.259 e. The first-order valence-electron chi connectivity index (χ1n) is 15.9. The summed E-state index contributed by atoms with van der Waals surface area (Å²) >= 11 is 0. The summed E-state index contributed by atoms with van der Waals surface area (Å²) in [4.78, 5) is 52.0. The quantitative estimate of drug-likeness (QED) is 0.132. The molecule has 50 heavy (non-hydrogen) atoms. The Hall–Kier alpha value is -6.56. The molecule has 4 N–H and O–H groups in total. The van der Waals surface area contributed by atoms with Crippen molar-refractivity contribution in [1.82, 2.24) is 0 Å². The van der Waals surface area contributed by atoms with E-state index in [1.165, 1.54) is 38.5 Å². The minimum Gasteiger partial charge on any atom is -0.496 e. The van der Waals surface area contributed by atoms with Gasteiger partial charge in [-0.15, -0.1) is 0 Å². The fraction of sp³-hybridized carbons (Fsp3) is 0.158. The molecule has 12 nitrogen and oxygen atoms in total. The lowest BCUT2D eigenvalue weighted by atomic mass is 10.1. The second kappa shape index (κ2) is 16.0. The van der Waals surface area contributed by atoms with E-state index < -0.39 is 11.8 Å². The van der Waals surface area contributed by atoms with Crippen LogP contribution >= 0.6 is 0 Å². The van der Waals surface area contributed by atoms with Crippen molar-refractivity contribution in [1.29, 1.82) is 0 Å². The van der Waals surface area contributed by atoms with Crippen LogP contribution in [0.4, 0.5) is 22.7 Å². The number of carbonyl (C=O) groups is 4. The maximum Gasteiger partial charge on any atom is 0.259 e. The standard InChI is InChI=1S/C38H36N6O6/c1-5-43-19-7-9-29(23-43)41-37(47)31-17-15-27(21-33(31)49-3)39-35(45)25-11-13-26(14-12-25)36(46)40-28-16-18-32(34(22-28)50-4)38(48)42-30-10-8-20-44(6-2)24-30/h7-24H,5-6H2,1-4H3,(H2-2,39,40,41,42,45,46,47,48)/p+2. The molecule has 0 atom stereocenters. The van der Waals surface area contributed by atoms with E-state index in [9.17, 15) is 19.2 Å².